The monoisotopic (exact) mass is 332 g/mol. The Morgan fingerprint density at radius 1 is 1.21 bits per heavy atom. The largest absolute Gasteiger partial charge is 0.381 e. The van der Waals surface area contributed by atoms with Gasteiger partial charge in [-0.15, -0.1) is 0 Å². The van der Waals surface area contributed by atoms with Gasteiger partial charge < -0.3 is 14.8 Å². The summed E-state index contributed by atoms with van der Waals surface area (Å²) in [5.41, 5.74) is 2.99. The van der Waals surface area contributed by atoms with Gasteiger partial charge in [0.15, 0.2) is 0 Å². The fourth-order valence-corrected chi connectivity index (χ4v) is 3.66. The van der Waals surface area contributed by atoms with E-state index in [0.717, 1.165) is 56.0 Å². The Morgan fingerprint density at radius 3 is 2.54 bits per heavy atom. The maximum atomic E-state index is 12.8. The molecule has 3 rings (SSSR count). The highest BCUT2D eigenvalue weighted by Crippen LogP contribution is 2.30. The van der Waals surface area contributed by atoms with E-state index in [2.05, 4.69) is 10.2 Å². The van der Waals surface area contributed by atoms with Gasteiger partial charge in [0.2, 0.25) is 5.91 Å². The molecule has 2 saturated heterocycles. The molecule has 2 aliphatic rings. The Balaban J connectivity index is 1.67. The lowest BCUT2D eigenvalue weighted by Gasteiger charge is -2.46. The van der Waals surface area contributed by atoms with E-state index in [1.54, 1.807) is 0 Å². The van der Waals surface area contributed by atoms with E-state index in [9.17, 15) is 4.79 Å². The lowest BCUT2D eigenvalue weighted by atomic mass is 9.91. The molecule has 5 nitrogen and oxygen atoms in total. The van der Waals surface area contributed by atoms with Crippen molar-refractivity contribution in [2.24, 2.45) is 0 Å². The molecule has 24 heavy (non-hydrogen) atoms. The Morgan fingerprint density at radius 2 is 1.88 bits per heavy atom. The summed E-state index contributed by atoms with van der Waals surface area (Å²) in [6.45, 7) is 9.82. The highest BCUT2D eigenvalue weighted by atomic mass is 16.5. The number of anilines is 1. The maximum Gasteiger partial charge on any atom is 0.241 e. The summed E-state index contributed by atoms with van der Waals surface area (Å²) in [5.74, 6) is 0.0523. The molecule has 5 heteroatoms. The van der Waals surface area contributed by atoms with E-state index in [0.29, 0.717) is 6.61 Å². The first kappa shape index (κ1) is 17.4. The molecule has 1 aromatic carbocycles. The van der Waals surface area contributed by atoms with Crippen molar-refractivity contribution in [3.05, 3.63) is 29.3 Å². The van der Waals surface area contributed by atoms with Gasteiger partial charge in [0.05, 0.1) is 18.2 Å². The normalized spacial score (nSPS) is 22.3. The zero-order valence-electron chi connectivity index (χ0n) is 14.9. The van der Waals surface area contributed by atoms with Gasteiger partial charge in [-0.1, -0.05) is 18.2 Å². The van der Waals surface area contributed by atoms with E-state index in [1.165, 1.54) is 0 Å². The predicted octanol–water partition coefficient (Wildman–Crippen LogP) is 2.51. The average Bonchev–Trinajstić information content (AvgIpc) is 2.58. The van der Waals surface area contributed by atoms with E-state index >= 15 is 0 Å². The topological polar surface area (TPSA) is 50.8 Å². The molecule has 2 fully saturated rings. The van der Waals surface area contributed by atoms with E-state index in [4.69, 9.17) is 9.47 Å². The smallest absolute Gasteiger partial charge is 0.241 e. The SMILES string of the molecule is Cc1cccc(C)c1NC(=O)[C@H](C)N1CCOC2(CCOCC2)C1. The van der Waals surface area contributed by atoms with Gasteiger partial charge in [-0.2, -0.15) is 0 Å². The highest BCUT2D eigenvalue weighted by molar-refractivity contribution is 5.95. The Labute approximate surface area is 144 Å². The number of carbonyl (C=O) groups is 1. The van der Waals surface area contributed by atoms with Crippen LogP contribution in [0, 0.1) is 13.8 Å². The number of nitrogens with one attached hydrogen (secondary N) is 1. The number of ether oxygens (including phenoxy) is 2. The number of aryl methyl sites for hydroxylation is 2. The van der Waals surface area contributed by atoms with Crippen molar-refractivity contribution in [1.82, 2.24) is 4.90 Å². The van der Waals surface area contributed by atoms with Crippen LogP contribution in [0.15, 0.2) is 18.2 Å². The van der Waals surface area contributed by atoms with E-state index in [-0.39, 0.29) is 17.6 Å². The number of hydrogen-bond donors (Lipinski definition) is 1. The minimum absolute atomic E-state index is 0.0523. The van der Waals surface area contributed by atoms with Crippen LogP contribution in [0.2, 0.25) is 0 Å². The summed E-state index contributed by atoms with van der Waals surface area (Å²) in [5, 5.41) is 3.12. The van der Waals surface area contributed by atoms with Gasteiger partial charge in [0, 0.05) is 44.8 Å². The van der Waals surface area contributed by atoms with Crippen molar-refractivity contribution in [1.29, 1.82) is 0 Å². The quantitative estimate of drug-likeness (QED) is 0.924. The Bertz CT molecular complexity index is 571. The molecule has 0 radical (unpaired) electrons. The summed E-state index contributed by atoms with van der Waals surface area (Å²) < 4.78 is 11.5. The van der Waals surface area contributed by atoms with Crippen molar-refractivity contribution in [3.63, 3.8) is 0 Å². The van der Waals surface area contributed by atoms with E-state index < -0.39 is 0 Å². The molecule has 0 aromatic heterocycles. The number of hydrogen-bond acceptors (Lipinski definition) is 4. The van der Waals surface area contributed by atoms with Crippen LogP contribution in [0.3, 0.4) is 0 Å². The second-order valence-corrected chi connectivity index (χ2v) is 7.05. The van der Waals surface area contributed by atoms with Crippen LogP contribution in [0.25, 0.3) is 0 Å². The molecule has 1 atom stereocenters. The first-order valence-corrected chi connectivity index (χ1v) is 8.84. The number of rotatable bonds is 3. The second-order valence-electron chi connectivity index (χ2n) is 7.05. The molecule has 2 heterocycles. The number of benzene rings is 1. The third kappa shape index (κ3) is 3.63. The number of carbonyl (C=O) groups excluding carboxylic acids is 1. The van der Waals surface area contributed by atoms with Crippen LogP contribution in [0.5, 0.6) is 0 Å². The minimum Gasteiger partial charge on any atom is -0.381 e. The Hall–Kier alpha value is -1.43. The van der Waals surface area contributed by atoms with Crippen molar-refractivity contribution < 1.29 is 14.3 Å². The van der Waals surface area contributed by atoms with Crippen molar-refractivity contribution in [3.8, 4) is 0 Å². The van der Waals surface area contributed by atoms with Crippen LogP contribution >= 0.6 is 0 Å². The van der Waals surface area contributed by atoms with Crippen LogP contribution in [0.1, 0.15) is 30.9 Å². The molecular formula is C19H28N2O3. The average molecular weight is 332 g/mol. The summed E-state index contributed by atoms with van der Waals surface area (Å²) in [4.78, 5) is 15.0. The third-order valence-electron chi connectivity index (χ3n) is 5.34. The molecule has 0 bridgehead atoms. The molecule has 1 amide bonds. The summed E-state index contributed by atoms with van der Waals surface area (Å²) >= 11 is 0. The molecule has 132 valence electrons. The minimum atomic E-state index is -0.173. The lowest BCUT2D eigenvalue weighted by Crippen LogP contribution is -2.58. The van der Waals surface area contributed by atoms with Gasteiger partial charge in [0.1, 0.15) is 0 Å². The van der Waals surface area contributed by atoms with Crippen molar-refractivity contribution in [2.75, 3.05) is 38.2 Å². The standard InChI is InChI=1S/C19H28N2O3/c1-14-5-4-6-15(2)17(14)20-18(22)16(3)21-9-12-24-19(13-21)7-10-23-11-8-19/h4-6,16H,7-13H2,1-3H3,(H,20,22)/t16-/m0/s1. The number of nitrogens with zero attached hydrogens (tertiary/aromatic N) is 1. The van der Waals surface area contributed by atoms with E-state index in [1.807, 2.05) is 39.0 Å². The third-order valence-corrected chi connectivity index (χ3v) is 5.34. The van der Waals surface area contributed by atoms with Gasteiger partial charge in [-0.05, 0) is 31.9 Å². The lowest BCUT2D eigenvalue weighted by molar-refractivity contribution is -0.161. The van der Waals surface area contributed by atoms with Crippen LogP contribution in [-0.2, 0) is 14.3 Å². The molecule has 1 spiro atoms. The predicted molar refractivity (Wildman–Crippen MR) is 94.3 cm³/mol. The first-order chi connectivity index (χ1) is 11.5. The summed E-state index contributed by atoms with van der Waals surface area (Å²) in [6, 6.07) is 5.89. The highest BCUT2D eigenvalue weighted by Gasteiger charge is 2.40. The first-order valence-electron chi connectivity index (χ1n) is 8.84. The Kier molecular flexibility index (Phi) is 5.23. The fraction of sp³-hybridized carbons (Fsp3) is 0.632. The van der Waals surface area contributed by atoms with Crippen molar-refractivity contribution >= 4 is 11.6 Å². The molecule has 2 aliphatic heterocycles. The van der Waals surface area contributed by atoms with Gasteiger partial charge in [-0.25, -0.2) is 0 Å². The maximum absolute atomic E-state index is 12.8. The number of morpholine rings is 1. The fourth-order valence-electron chi connectivity index (χ4n) is 3.66. The molecular weight excluding hydrogens is 304 g/mol. The molecule has 1 aromatic rings. The van der Waals surface area contributed by atoms with Crippen LogP contribution in [-0.4, -0.2) is 55.4 Å². The summed E-state index contributed by atoms with van der Waals surface area (Å²) in [6.07, 6.45) is 1.82. The molecule has 0 unspecified atom stereocenters. The van der Waals surface area contributed by atoms with Gasteiger partial charge in [-0.3, -0.25) is 9.69 Å². The van der Waals surface area contributed by atoms with Crippen LogP contribution < -0.4 is 5.32 Å². The summed E-state index contributed by atoms with van der Waals surface area (Å²) in [7, 11) is 0. The van der Waals surface area contributed by atoms with Crippen LogP contribution in [0.4, 0.5) is 5.69 Å². The molecule has 0 saturated carbocycles. The van der Waals surface area contributed by atoms with Gasteiger partial charge >= 0.3 is 0 Å². The number of para-hydroxylation sites is 1. The molecule has 0 aliphatic carbocycles. The number of amides is 1. The molecule has 1 N–H and O–H groups in total. The zero-order chi connectivity index (χ0) is 17.2. The van der Waals surface area contributed by atoms with Crippen molar-refractivity contribution in [2.45, 2.75) is 45.3 Å². The van der Waals surface area contributed by atoms with Gasteiger partial charge in [0.25, 0.3) is 0 Å². The second kappa shape index (κ2) is 7.21. The zero-order valence-corrected chi connectivity index (χ0v) is 14.9.